The smallest absolute Gasteiger partial charge is 0.217 e. The summed E-state index contributed by atoms with van der Waals surface area (Å²) in [4.78, 5) is 11.7. The van der Waals surface area contributed by atoms with Crippen molar-refractivity contribution in [2.24, 2.45) is 0 Å². The maximum Gasteiger partial charge on any atom is 0.217 e. The lowest BCUT2D eigenvalue weighted by molar-refractivity contribution is -0.120. The number of halogens is 2. The number of aliphatic hydroxyl groups is 1. The molecule has 0 fully saturated rings. The summed E-state index contributed by atoms with van der Waals surface area (Å²) in [6.45, 7) is 1.95. The van der Waals surface area contributed by atoms with Crippen molar-refractivity contribution in [1.29, 1.82) is 5.26 Å². The van der Waals surface area contributed by atoms with E-state index in [2.05, 4.69) is 16.7 Å². The minimum absolute atomic E-state index is 0.0660. The summed E-state index contributed by atoms with van der Waals surface area (Å²) in [6.07, 6.45) is -0.298. The fourth-order valence-electron chi connectivity index (χ4n) is 4.54. The number of hydrogen-bond donors (Lipinski definition) is 3. The van der Waals surface area contributed by atoms with Crippen LogP contribution in [0.15, 0.2) is 60.7 Å². The number of rotatable bonds is 8. The molecule has 0 bridgehead atoms. The molecular weight excluding hydrogens is 464 g/mol. The zero-order valence-electron chi connectivity index (χ0n) is 19.8. The predicted molar refractivity (Wildman–Crippen MR) is 131 cm³/mol. The van der Waals surface area contributed by atoms with Gasteiger partial charge in [-0.25, -0.2) is 8.78 Å². The molecule has 0 spiro atoms. The van der Waals surface area contributed by atoms with Crippen molar-refractivity contribution >= 4 is 5.91 Å². The Kier molecular flexibility index (Phi) is 7.93. The van der Waals surface area contributed by atoms with Gasteiger partial charge in [0.05, 0.1) is 30.4 Å². The summed E-state index contributed by atoms with van der Waals surface area (Å²) in [5.41, 5.74) is 3.51. The Morgan fingerprint density at radius 1 is 1.17 bits per heavy atom. The number of amides is 1. The molecule has 0 aliphatic carbocycles. The largest absolute Gasteiger partial charge is 0.493 e. The number of nitrogens with zero attached hydrogens (tertiary/aromatic N) is 1. The Bertz CT molecular complexity index is 1270. The molecule has 6 nitrogen and oxygen atoms in total. The van der Waals surface area contributed by atoms with Gasteiger partial charge in [-0.2, -0.15) is 5.26 Å². The Morgan fingerprint density at radius 3 is 2.64 bits per heavy atom. The van der Waals surface area contributed by atoms with E-state index in [1.54, 1.807) is 6.07 Å². The van der Waals surface area contributed by atoms with Crippen molar-refractivity contribution in [2.45, 2.75) is 38.0 Å². The van der Waals surface area contributed by atoms with E-state index in [-0.39, 0.29) is 24.9 Å². The second-order valence-corrected chi connectivity index (χ2v) is 8.86. The Balaban J connectivity index is 1.51. The van der Waals surface area contributed by atoms with Crippen LogP contribution in [0.25, 0.3) is 11.1 Å². The molecule has 0 unspecified atom stereocenters. The standard InChI is InChI=1S/C28H27F2N3O3/c1-17(34)33-26(12-18-10-21(29)14-22(30)11-18)27(35)16-32-25-8-9-36-28-7-6-19(13-24(25)28)23-5-3-2-4-20(23)15-31/h2-7,10-11,13-14,25-27,32,35H,8-9,12,16H2,1H3,(H,33,34)/t25-,26-,27+/m0/s1. The van der Waals surface area contributed by atoms with Crippen LogP contribution in [-0.4, -0.2) is 36.3 Å². The number of benzene rings is 3. The molecule has 1 aliphatic rings. The molecule has 1 amide bonds. The summed E-state index contributed by atoms with van der Waals surface area (Å²) >= 11 is 0. The van der Waals surface area contributed by atoms with Crippen LogP contribution in [0.3, 0.4) is 0 Å². The van der Waals surface area contributed by atoms with Gasteiger partial charge in [-0.05, 0) is 53.4 Å². The van der Waals surface area contributed by atoms with E-state index in [1.807, 2.05) is 36.4 Å². The van der Waals surface area contributed by atoms with E-state index in [4.69, 9.17) is 4.74 Å². The molecule has 1 heterocycles. The van der Waals surface area contributed by atoms with Crippen LogP contribution in [0.1, 0.15) is 36.1 Å². The monoisotopic (exact) mass is 491 g/mol. The average molecular weight is 492 g/mol. The molecule has 8 heteroatoms. The fourth-order valence-corrected chi connectivity index (χ4v) is 4.54. The van der Waals surface area contributed by atoms with Gasteiger partial charge in [-0.1, -0.05) is 24.3 Å². The normalized spacial score (nSPS) is 16.2. The van der Waals surface area contributed by atoms with Crippen molar-refractivity contribution in [3.05, 3.63) is 89.0 Å². The Labute approximate surface area is 208 Å². The van der Waals surface area contributed by atoms with Crippen molar-refractivity contribution in [2.75, 3.05) is 13.2 Å². The number of aliphatic hydroxyl groups excluding tert-OH is 1. The number of carbonyl (C=O) groups excluding carboxylic acids is 1. The summed E-state index contributed by atoms with van der Waals surface area (Å²) in [5, 5.41) is 26.4. The lowest BCUT2D eigenvalue weighted by atomic mass is 9.93. The van der Waals surface area contributed by atoms with Crippen LogP contribution >= 0.6 is 0 Å². The van der Waals surface area contributed by atoms with Crippen molar-refractivity contribution in [1.82, 2.24) is 10.6 Å². The summed E-state index contributed by atoms with van der Waals surface area (Å²) < 4.78 is 33.1. The number of hydrogen-bond acceptors (Lipinski definition) is 5. The highest BCUT2D eigenvalue weighted by Gasteiger charge is 2.26. The van der Waals surface area contributed by atoms with Gasteiger partial charge in [-0.15, -0.1) is 0 Å². The molecule has 0 aromatic heterocycles. The van der Waals surface area contributed by atoms with E-state index >= 15 is 0 Å². The number of ether oxygens (including phenoxy) is 1. The zero-order chi connectivity index (χ0) is 25.7. The van der Waals surface area contributed by atoms with Crippen LogP contribution < -0.4 is 15.4 Å². The SMILES string of the molecule is CC(=O)N[C@@H](Cc1cc(F)cc(F)c1)[C@H](O)CN[C@H]1CCOc2ccc(-c3ccccc3C#N)cc21. The molecule has 1 aliphatic heterocycles. The second kappa shape index (κ2) is 11.3. The molecule has 0 saturated carbocycles. The van der Waals surface area contributed by atoms with Gasteiger partial charge in [0.15, 0.2) is 0 Å². The van der Waals surface area contributed by atoms with Gasteiger partial charge >= 0.3 is 0 Å². The molecule has 3 atom stereocenters. The van der Waals surface area contributed by atoms with Gasteiger partial charge in [0.2, 0.25) is 5.91 Å². The average Bonchev–Trinajstić information content (AvgIpc) is 2.85. The third kappa shape index (κ3) is 6.06. The van der Waals surface area contributed by atoms with Gasteiger partial charge in [-0.3, -0.25) is 4.79 Å². The minimum Gasteiger partial charge on any atom is -0.493 e. The highest BCUT2D eigenvalue weighted by Crippen LogP contribution is 2.36. The van der Waals surface area contributed by atoms with E-state index in [1.165, 1.54) is 19.1 Å². The molecule has 0 radical (unpaired) electrons. The molecule has 4 rings (SSSR count). The molecular formula is C28H27F2N3O3. The molecule has 186 valence electrons. The van der Waals surface area contributed by atoms with Crippen LogP contribution in [0.2, 0.25) is 0 Å². The first kappa shape index (κ1) is 25.3. The molecule has 3 N–H and O–H groups in total. The topological polar surface area (TPSA) is 94.4 Å². The highest BCUT2D eigenvalue weighted by atomic mass is 19.1. The van der Waals surface area contributed by atoms with Crippen LogP contribution in [0.5, 0.6) is 5.75 Å². The van der Waals surface area contributed by atoms with E-state index in [0.29, 0.717) is 24.2 Å². The summed E-state index contributed by atoms with van der Waals surface area (Å²) in [6, 6.07) is 17.6. The summed E-state index contributed by atoms with van der Waals surface area (Å²) in [7, 11) is 0. The van der Waals surface area contributed by atoms with Crippen LogP contribution in [0.4, 0.5) is 8.78 Å². The number of fused-ring (bicyclic) bond motifs is 1. The van der Waals surface area contributed by atoms with Crippen molar-refractivity contribution in [3.8, 4) is 22.9 Å². The number of nitriles is 1. The van der Waals surface area contributed by atoms with Gasteiger partial charge < -0.3 is 20.5 Å². The molecule has 0 saturated heterocycles. The van der Waals surface area contributed by atoms with Gasteiger partial charge in [0.25, 0.3) is 0 Å². The van der Waals surface area contributed by atoms with Gasteiger partial charge in [0.1, 0.15) is 17.4 Å². The molecule has 3 aromatic carbocycles. The predicted octanol–water partition coefficient (Wildman–Crippen LogP) is 4.02. The third-order valence-corrected chi connectivity index (χ3v) is 6.21. The molecule has 36 heavy (non-hydrogen) atoms. The highest BCUT2D eigenvalue weighted by molar-refractivity contribution is 5.73. The lowest BCUT2D eigenvalue weighted by Crippen LogP contribution is -2.48. The number of carbonyl (C=O) groups is 1. The Morgan fingerprint density at radius 2 is 1.92 bits per heavy atom. The molecule has 3 aromatic rings. The lowest BCUT2D eigenvalue weighted by Gasteiger charge is -2.30. The minimum atomic E-state index is -1.02. The zero-order valence-corrected chi connectivity index (χ0v) is 19.8. The van der Waals surface area contributed by atoms with Crippen LogP contribution in [-0.2, 0) is 11.2 Å². The maximum atomic E-state index is 13.6. The quantitative estimate of drug-likeness (QED) is 0.443. The van der Waals surface area contributed by atoms with E-state index < -0.39 is 23.8 Å². The van der Waals surface area contributed by atoms with Crippen molar-refractivity contribution in [3.63, 3.8) is 0 Å². The first-order valence-electron chi connectivity index (χ1n) is 11.7. The van der Waals surface area contributed by atoms with E-state index in [0.717, 1.165) is 28.5 Å². The number of nitrogens with one attached hydrogen (secondary N) is 2. The van der Waals surface area contributed by atoms with E-state index in [9.17, 15) is 23.9 Å². The van der Waals surface area contributed by atoms with Crippen molar-refractivity contribution < 1.29 is 23.4 Å². The van der Waals surface area contributed by atoms with Gasteiger partial charge in [0, 0.05) is 37.6 Å². The second-order valence-electron chi connectivity index (χ2n) is 8.86. The first-order chi connectivity index (χ1) is 17.3. The summed E-state index contributed by atoms with van der Waals surface area (Å²) in [5.74, 6) is -1.06. The fraction of sp³-hybridized carbons (Fsp3) is 0.286. The first-order valence-corrected chi connectivity index (χ1v) is 11.7. The third-order valence-electron chi connectivity index (χ3n) is 6.21. The maximum absolute atomic E-state index is 13.6. The Hall–Kier alpha value is -3.80. The van der Waals surface area contributed by atoms with Crippen LogP contribution in [0, 0.1) is 23.0 Å².